The molecule has 2 atom stereocenters. The molecule has 0 saturated heterocycles. The van der Waals surface area contributed by atoms with Crippen LogP contribution in [-0.4, -0.2) is 35.2 Å². The van der Waals surface area contributed by atoms with Crippen molar-refractivity contribution in [1.29, 1.82) is 0 Å². The summed E-state index contributed by atoms with van der Waals surface area (Å²) in [6, 6.07) is 4.54. The van der Waals surface area contributed by atoms with Crippen LogP contribution in [0.15, 0.2) is 35.7 Å². The minimum absolute atomic E-state index is 0.224. The smallest absolute Gasteiger partial charge is 0.225 e. The highest BCUT2D eigenvalue weighted by Gasteiger charge is 2.50. The third kappa shape index (κ3) is 2.38. The van der Waals surface area contributed by atoms with Gasteiger partial charge in [-0.15, -0.1) is 0 Å². The molecule has 2 aromatic rings. The molecule has 0 saturated carbocycles. The SMILES string of the molecule is [C-]#[N+]c1ccc2c(c1)[C@@H](S(=O)(=O)c1ncc[nH]1)[C@H](O)C(C)(C)O2. The Bertz CT molecular complexity index is 882. The summed E-state index contributed by atoms with van der Waals surface area (Å²) in [5, 5.41) is 9.13. The predicted molar refractivity (Wildman–Crippen MR) is 81.9 cm³/mol. The van der Waals surface area contributed by atoms with E-state index in [0.717, 1.165) is 0 Å². The third-order valence-corrected chi connectivity index (χ3v) is 5.82. The van der Waals surface area contributed by atoms with Crippen LogP contribution in [-0.2, 0) is 9.84 Å². The molecule has 120 valence electrons. The molecule has 23 heavy (non-hydrogen) atoms. The molecule has 0 fully saturated rings. The number of rotatable bonds is 2. The maximum absolute atomic E-state index is 12.9. The minimum Gasteiger partial charge on any atom is -0.485 e. The number of hydrogen-bond donors (Lipinski definition) is 2. The van der Waals surface area contributed by atoms with Gasteiger partial charge < -0.3 is 14.8 Å². The second kappa shape index (κ2) is 5.08. The van der Waals surface area contributed by atoms with Gasteiger partial charge in [-0.3, -0.25) is 0 Å². The fraction of sp³-hybridized carbons (Fsp3) is 0.333. The van der Waals surface area contributed by atoms with Crippen LogP contribution in [0.2, 0.25) is 0 Å². The molecule has 2 heterocycles. The van der Waals surface area contributed by atoms with E-state index in [0.29, 0.717) is 5.75 Å². The molecule has 1 aliphatic rings. The van der Waals surface area contributed by atoms with Gasteiger partial charge in [-0.1, -0.05) is 6.07 Å². The molecule has 8 heteroatoms. The second-order valence-electron chi connectivity index (χ2n) is 5.84. The number of nitrogens with one attached hydrogen (secondary N) is 1. The van der Waals surface area contributed by atoms with Crippen molar-refractivity contribution in [3.8, 4) is 5.75 Å². The fourth-order valence-electron chi connectivity index (χ4n) is 2.66. The van der Waals surface area contributed by atoms with E-state index in [1.54, 1.807) is 26.0 Å². The molecular weight excluding hydrogens is 318 g/mol. The number of imidazole rings is 1. The Hall–Kier alpha value is -2.37. The van der Waals surface area contributed by atoms with Crippen LogP contribution in [0.5, 0.6) is 5.75 Å². The van der Waals surface area contributed by atoms with Crippen molar-refractivity contribution in [3.63, 3.8) is 0 Å². The Morgan fingerprint density at radius 3 is 2.78 bits per heavy atom. The maximum atomic E-state index is 12.9. The average molecular weight is 333 g/mol. The van der Waals surface area contributed by atoms with Gasteiger partial charge in [0.1, 0.15) is 22.7 Å². The zero-order valence-electron chi connectivity index (χ0n) is 12.5. The highest BCUT2D eigenvalue weighted by atomic mass is 32.2. The van der Waals surface area contributed by atoms with Crippen LogP contribution in [0.25, 0.3) is 4.85 Å². The van der Waals surface area contributed by atoms with Crippen molar-refractivity contribution in [3.05, 3.63) is 47.6 Å². The Balaban J connectivity index is 2.25. The molecule has 7 nitrogen and oxygen atoms in total. The lowest BCUT2D eigenvalue weighted by Crippen LogP contribution is -2.50. The summed E-state index contributed by atoms with van der Waals surface area (Å²) in [6.45, 7) is 10.3. The van der Waals surface area contributed by atoms with Crippen molar-refractivity contribution in [1.82, 2.24) is 9.97 Å². The van der Waals surface area contributed by atoms with Crippen molar-refractivity contribution in [2.24, 2.45) is 0 Å². The number of hydrogen-bond acceptors (Lipinski definition) is 5. The largest absolute Gasteiger partial charge is 0.485 e. The van der Waals surface area contributed by atoms with Crippen LogP contribution in [0.4, 0.5) is 5.69 Å². The first-order valence-corrected chi connectivity index (χ1v) is 8.44. The fourth-order valence-corrected chi connectivity index (χ4v) is 4.53. The first-order valence-electron chi connectivity index (χ1n) is 6.89. The van der Waals surface area contributed by atoms with Gasteiger partial charge in [0, 0.05) is 18.0 Å². The molecule has 3 rings (SSSR count). The minimum atomic E-state index is -3.98. The standard InChI is InChI=1S/C15H15N3O4S/c1-15(2)13(19)12(23(20,21)14-17-6-7-18-14)10-8-9(16-3)4-5-11(10)22-15/h4-8,12-13,19H,1-2H3,(H,17,18)/t12-,13+/m1/s1. The molecule has 1 aromatic heterocycles. The first kappa shape index (κ1) is 15.5. The Labute approximate surface area is 133 Å². The molecule has 2 N–H and O–H groups in total. The Morgan fingerprint density at radius 2 is 2.17 bits per heavy atom. The lowest BCUT2D eigenvalue weighted by Gasteiger charge is -2.41. The summed E-state index contributed by atoms with van der Waals surface area (Å²) in [5.41, 5.74) is -0.558. The zero-order chi connectivity index (χ0) is 16.8. The Morgan fingerprint density at radius 1 is 1.43 bits per heavy atom. The van der Waals surface area contributed by atoms with Crippen LogP contribution in [0.1, 0.15) is 24.7 Å². The van der Waals surface area contributed by atoms with Gasteiger partial charge in [0.25, 0.3) is 0 Å². The van der Waals surface area contributed by atoms with E-state index in [1.165, 1.54) is 18.5 Å². The van der Waals surface area contributed by atoms with Crippen LogP contribution in [0.3, 0.4) is 0 Å². The topological polar surface area (TPSA) is 96.6 Å². The van der Waals surface area contributed by atoms with Crippen molar-refractivity contribution < 1.29 is 18.3 Å². The number of fused-ring (bicyclic) bond motifs is 1. The van der Waals surface area contributed by atoms with Gasteiger partial charge in [0.15, 0.2) is 5.69 Å². The Kier molecular flexibility index (Phi) is 3.43. The summed E-state index contributed by atoms with van der Waals surface area (Å²) in [5.74, 6) is 0.341. The molecule has 0 bridgehead atoms. The molecule has 1 aliphatic heterocycles. The van der Waals surface area contributed by atoms with Crippen LogP contribution < -0.4 is 4.74 Å². The van der Waals surface area contributed by atoms with Crippen LogP contribution in [0, 0.1) is 6.57 Å². The third-order valence-electron chi connectivity index (χ3n) is 3.88. The summed E-state index contributed by atoms with van der Waals surface area (Å²) in [7, 11) is -3.98. The maximum Gasteiger partial charge on any atom is 0.225 e. The van der Waals surface area contributed by atoms with Gasteiger partial charge in [-0.05, 0) is 26.0 Å². The van der Waals surface area contributed by atoms with Gasteiger partial charge in [0.2, 0.25) is 15.0 Å². The summed E-state index contributed by atoms with van der Waals surface area (Å²) >= 11 is 0. The summed E-state index contributed by atoms with van der Waals surface area (Å²) in [6.07, 6.45) is 1.42. The first-order chi connectivity index (χ1) is 10.8. The second-order valence-corrected chi connectivity index (χ2v) is 7.83. The molecule has 0 unspecified atom stereocenters. The molecule has 0 amide bonds. The lowest BCUT2D eigenvalue weighted by atomic mass is 9.90. The highest BCUT2D eigenvalue weighted by molar-refractivity contribution is 7.91. The molecule has 1 aromatic carbocycles. The van der Waals surface area contributed by atoms with E-state index in [9.17, 15) is 13.5 Å². The van der Waals surface area contributed by atoms with Gasteiger partial charge in [-0.25, -0.2) is 18.2 Å². The summed E-state index contributed by atoms with van der Waals surface area (Å²) < 4.78 is 31.6. The number of aliphatic hydroxyl groups excluding tert-OH is 1. The van der Waals surface area contributed by atoms with Gasteiger partial charge >= 0.3 is 0 Å². The number of aliphatic hydroxyl groups is 1. The number of aromatic amines is 1. The number of H-pyrrole nitrogens is 1. The predicted octanol–water partition coefficient (Wildman–Crippen LogP) is 2.01. The monoisotopic (exact) mass is 333 g/mol. The van der Waals surface area contributed by atoms with E-state index in [4.69, 9.17) is 11.3 Å². The number of benzene rings is 1. The quantitative estimate of drug-likeness (QED) is 0.820. The van der Waals surface area contributed by atoms with Gasteiger partial charge in [0.05, 0.1) is 6.57 Å². The number of aromatic nitrogens is 2. The average Bonchev–Trinajstić information content (AvgIpc) is 3.02. The lowest BCUT2D eigenvalue weighted by molar-refractivity contribution is -0.0444. The molecular formula is C15H15N3O4S. The normalized spacial score (nSPS) is 22.7. The van der Waals surface area contributed by atoms with Crippen molar-refractivity contribution >= 4 is 15.5 Å². The zero-order valence-corrected chi connectivity index (χ0v) is 13.3. The van der Waals surface area contributed by atoms with E-state index < -0.39 is 26.8 Å². The molecule has 0 radical (unpaired) electrons. The van der Waals surface area contributed by atoms with Gasteiger partial charge in [-0.2, -0.15) is 0 Å². The number of sulfone groups is 1. The number of nitrogens with zero attached hydrogens (tertiary/aromatic N) is 2. The highest BCUT2D eigenvalue weighted by Crippen LogP contribution is 2.46. The van der Waals surface area contributed by atoms with Crippen molar-refractivity contribution in [2.75, 3.05) is 0 Å². The van der Waals surface area contributed by atoms with E-state index in [-0.39, 0.29) is 16.4 Å². The van der Waals surface area contributed by atoms with E-state index >= 15 is 0 Å². The van der Waals surface area contributed by atoms with E-state index in [1.807, 2.05) is 0 Å². The number of ether oxygens (including phenoxy) is 1. The summed E-state index contributed by atoms with van der Waals surface area (Å²) in [4.78, 5) is 9.69. The van der Waals surface area contributed by atoms with E-state index in [2.05, 4.69) is 14.8 Å². The molecule has 0 spiro atoms. The van der Waals surface area contributed by atoms with Crippen molar-refractivity contribution in [2.45, 2.75) is 36.0 Å². The molecule has 0 aliphatic carbocycles. The van der Waals surface area contributed by atoms with Crippen LogP contribution >= 0.6 is 0 Å².